The SMILES string of the molecule is CCSc1nn2cc(Cl)cnc2c1-c1nc2cc(C(F)(F)F)cnc2n1C. The highest BCUT2D eigenvalue weighted by Crippen LogP contribution is 2.36. The van der Waals surface area contributed by atoms with Crippen molar-refractivity contribution in [1.82, 2.24) is 29.1 Å². The number of thioether (sulfide) groups is 1. The van der Waals surface area contributed by atoms with Gasteiger partial charge in [-0.05, 0) is 11.8 Å². The van der Waals surface area contributed by atoms with Crippen LogP contribution in [0.4, 0.5) is 13.2 Å². The topological polar surface area (TPSA) is 60.9 Å². The number of fused-ring (bicyclic) bond motifs is 2. The third-order valence-corrected chi connectivity index (χ3v) is 4.99. The molecule has 0 aliphatic rings. The van der Waals surface area contributed by atoms with Crippen LogP contribution in [0.2, 0.25) is 5.02 Å². The van der Waals surface area contributed by atoms with Crippen molar-refractivity contribution >= 4 is 40.2 Å². The third-order valence-electron chi connectivity index (χ3n) is 3.95. The zero-order chi connectivity index (χ0) is 19.3. The van der Waals surface area contributed by atoms with Crippen LogP contribution in [0.1, 0.15) is 12.5 Å². The molecule has 0 aliphatic carbocycles. The van der Waals surface area contributed by atoms with Crippen molar-refractivity contribution in [1.29, 1.82) is 0 Å². The van der Waals surface area contributed by atoms with Gasteiger partial charge in [0, 0.05) is 19.4 Å². The number of imidazole rings is 1. The Morgan fingerprint density at radius 3 is 2.63 bits per heavy atom. The number of pyridine rings is 1. The Balaban J connectivity index is 1.99. The smallest absolute Gasteiger partial charge is 0.312 e. The fourth-order valence-electron chi connectivity index (χ4n) is 2.78. The molecule has 140 valence electrons. The van der Waals surface area contributed by atoms with Gasteiger partial charge in [-0.1, -0.05) is 18.5 Å². The monoisotopic (exact) mass is 412 g/mol. The van der Waals surface area contributed by atoms with Gasteiger partial charge in [0.1, 0.15) is 16.4 Å². The predicted octanol–water partition coefficient (Wildman–Crippen LogP) is 4.46. The average Bonchev–Trinajstić information content (AvgIpc) is 3.11. The molecule has 0 saturated carbocycles. The van der Waals surface area contributed by atoms with Crippen LogP contribution in [0.5, 0.6) is 0 Å². The summed E-state index contributed by atoms with van der Waals surface area (Å²) in [6, 6.07) is 0.995. The number of aromatic nitrogens is 6. The highest BCUT2D eigenvalue weighted by atomic mass is 35.5. The van der Waals surface area contributed by atoms with E-state index >= 15 is 0 Å². The first-order chi connectivity index (χ1) is 12.8. The van der Waals surface area contributed by atoms with Crippen molar-refractivity contribution in [2.45, 2.75) is 18.1 Å². The standard InChI is InChI=1S/C16H12ClF3N6S/c1-3-27-15-11(13-22-6-9(17)7-26(13)24-15)14-23-10-4-8(16(18,19)20)5-21-12(10)25(14)2/h4-7H,3H2,1-2H3. The molecule has 0 radical (unpaired) electrons. The zero-order valence-electron chi connectivity index (χ0n) is 14.1. The molecule has 11 heteroatoms. The molecule has 4 aromatic heterocycles. The second-order valence-corrected chi connectivity index (χ2v) is 7.40. The van der Waals surface area contributed by atoms with E-state index in [1.807, 2.05) is 6.92 Å². The first kappa shape index (κ1) is 18.1. The van der Waals surface area contributed by atoms with Crippen molar-refractivity contribution in [3.8, 4) is 11.4 Å². The lowest BCUT2D eigenvalue weighted by Gasteiger charge is -2.05. The molecule has 0 spiro atoms. The Morgan fingerprint density at radius 2 is 1.93 bits per heavy atom. The Bertz CT molecular complexity index is 1170. The maximum absolute atomic E-state index is 13.0. The summed E-state index contributed by atoms with van der Waals surface area (Å²) in [5.74, 6) is 1.20. The minimum atomic E-state index is -4.48. The largest absolute Gasteiger partial charge is 0.417 e. The summed E-state index contributed by atoms with van der Waals surface area (Å²) in [5.41, 5.74) is 0.812. The Morgan fingerprint density at radius 1 is 1.19 bits per heavy atom. The Hall–Kier alpha value is -2.33. The van der Waals surface area contributed by atoms with Gasteiger partial charge in [-0.2, -0.15) is 18.3 Å². The normalized spacial score (nSPS) is 12.4. The molecule has 0 saturated heterocycles. The number of hydrogen-bond donors (Lipinski definition) is 0. The van der Waals surface area contributed by atoms with E-state index in [0.29, 0.717) is 32.7 Å². The first-order valence-corrected chi connectivity index (χ1v) is 9.22. The second-order valence-electron chi connectivity index (χ2n) is 5.71. The van der Waals surface area contributed by atoms with Crippen LogP contribution in [-0.4, -0.2) is 34.9 Å². The van der Waals surface area contributed by atoms with Gasteiger partial charge in [-0.25, -0.2) is 19.5 Å². The van der Waals surface area contributed by atoms with E-state index in [-0.39, 0.29) is 5.52 Å². The van der Waals surface area contributed by atoms with Gasteiger partial charge < -0.3 is 4.57 Å². The van der Waals surface area contributed by atoms with Crippen LogP contribution in [0.3, 0.4) is 0 Å². The van der Waals surface area contributed by atoms with Crippen molar-refractivity contribution in [2.24, 2.45) is 7.05 Å². The highest BCUT2D eigenvalue weighted by Gasteiger charge is 2.32. The van der Waals surface area contributed by atoms with E-state index in [4.69, 9.17) is 11.6 Å². The van der Waals surface area contributed by atoms with Crippen LogP contribution in [0.15, 0.2) is 29.7 Å². The molecule has 4 rings (SSSR count). The lowest BCUT2D eigenvalue weighted by molar-refractivity contribution is -0.137. The number of aryl methyl sites for hydroxylation is 1. The molecule has 27 heavy (non-hydrogen) atoms. The van der Waals surface area contributed by atoms with Crippen LogP contribution in [-0.2, 0) is 13.2 Å². The maximum Gasteiger partial charge on any atom is 0.417 e. The van der Waals surface area contributed by atoms with Gasteiger partial charge in [-0.3, -0.25) is 0 Å². The summed E-state index contributed by atoms with van der Waals surface area (Å²) >= 11 is 7.48. The molecular formula is C16H12ClF3N6S. The molecule has 6 nitrogen and oxygen atoms in total. The van der Waals surface area contributed by atoms with Gasteiger partial charge >= 0.3 is 6.18 Å². The second kappa shape index (κ2) is 6.38. The van der Waals surface area contributed by atoms with Gasteiger partial charge in [0.05, 0.1) is 22.3 Å². The lowest BCUT2D eigenvalue weighted by atomic mass is 10.2. The molecule has 0 bridgehead atoms. The van der Waals surface area contributed by atoms with Gasteiger partial charge in [0.25, 0.3) is 0 Å². The van der Waals surface area contributed by atoms with Crippen molar-refractivity contribution in [3.63, 3.8) is 0 Å². The van der Waals surface area contributed by atoms with Crippen molar-refractivity contribution < 1.29 is 13.2 Å². The van der Waals surface area contributed by atoms with E-state index in [1.165, 1.54) is 18.0 Å². The summed E-state index contributed by atoms with van der Waals surface area (Å²) in [6.07, 6.45) is -0.560. The molecular weight excluding hydrogens is 401 g/mol. The van der Waals surface area contributed by atoms with Crippen molar-refractivity contribution in [3.05, 3.63) is 35.2 Å². The number of nitrogens with zero attached hydrogens (tertiary/aromatic N) is 6. The molecule has 0 amide bonds. The molecule has 0 N–H and O–H groups in total. The van der Waals surface area contributed by atoms with Crippen LogP contribution < -0.4 is 0 Å². The number of hydrogen-bond acceptors (Lipinski definition) is 5. The zero-order valence-corrected chi connectivity index (χ0v) is 15.7. The summed E-state index contributed by atoms with van der Waals surface area (Å²) in [4.78, 5) is 12.7. The molecule has 0 atom stereocenters. The van der Waals surface area contributed by atoms with Gasteiger partial charge in [0.15, 0.2) is 11.3 Å². The Labute approximate surface area is 160 Å². The molecule has 0 fully saturated rings. The summed E-state index contributed by atoms with van der Waals surface area (Å²) < 4.78 is 42.2. The minimum absolute atomic E-state index is 0.156. The van der Waals surface area contributed by atoms with E-state index < -0.39 is 11.7 Å². The van der Waals surface area contributed by atoms with Gasteiger partial charge in [-0.15, -0.1) is 11.8 Å². The molecule has 4 aromatic rings. The molecule has 0 aromatic carbocycles. The van der Waals surface area contributed by atoms with E-state index in [2.05, 4.69) is 20.1 Å². The Kier molecular flexibility index (Phi) is 4.26. The van der Waals surface area contributed by atoms with Crippen LogP contribution in [0.25, 0.3) is 28.2 Å². The summed E-state index contributed by atoms with van der Waals surface area (Å²) in [6.45, 7) is 1.98. The van der Waals surface area contributed by atoms with E-state index in [0.717, 1.165) is 18.0 Å². The van der Waals surface area contributed by atoms with Crippen molar-refractivity contribution in [2.75, 3.05) is 5.75 Å². The number of halogens is 4. The molecule has 0 aliphatic heterocycles. The average molecular weight is 413 g/mol. The van der Waals surface area contributed by atoms with E-state index in [1.54, 1.807) is 22.3 Å². The lowest BCUT2D eigenvalue weighted by Crippen LogP contribution is -2.05. The number of alkyl halides is 3. The molecule has 4 heterocycles. The van der Waals surface area contributed by atoms with Gasteiger partial charge in [0.2, 0.25) is 0 Å². The fraction of sp³-hybridized carbons (Fsp3) is 0.250. The predicted molar refractivity (Wildman–Crippen MR) is 96.9 cm³/mol. The molecule has 0 unspecified atom stereocenters. The van der Waals surface area contributed by atoms with E-state index in [9.17, 15) is 13.2 Å². The minimum Gasteiger partial charge on any atom is -0.312 e. The van der Waals surface area contributed by atoms with Crippen LogP contribution >= 0.6 is 23.4 Å². The summed E-state index contributed by atoms with van der Waals surface area (Å²) in [7, 11) is 1.70. The maximum atomic E-state index is 13.0. The summed E-state index contributed by atoms with van der Waals surface area (Å²) in [5, 5.41) is 5.58. The fourth-order valence-corrected chi connectivity index (χ4v) is 3.67. The first-order valence-electron chi connectivity index (χ1n) is 7.86. The van der Waals surface area contributed by atoms with Crippen LogP contribution in [0, 0.1) is 0 Å². The quantitative estimate of drug-likeness (QED) is 0.465. The number of rotatable bonds is 3. The third kappa shape index (κ3) is 3.02. The highest BCUT2D eigenvalue weighted by molar-refractivity contribution is 7.99.